The summed E-state index contributed by atoms with van der Waals surface area (Å²) in [5.74, 6) is -1.51. The Kier molecular flexibility index (Phi) is 6.65. The van der Waals surface area contributed by atoms with Crippen molar-refractivity contribution < 1.29 is 23.0 Å². The number of hydrogen-bond donors (Lipinski definition) is 1. The van der Waals surface area contributed by atoms with Gasteiger partial charge in [0.2, 0.25) is 0 Å². The van der Waals surface area contributed by atoms with E-state index in [9.17, 15) is 13.6 Å². The van der Waals surface area contributed by atoms with Gasteiger partial charge in [0.1, 0.15) is 0 Å². The Morgan fingerprint density at radius 2 is 1.96 bits per heavy atom. The zero-order valence-electron chi connectivity index (χ0n) is 15.7. The topological polar surface area (TPSA) is 64.8 Å². The third-order valence-corrected chi connectivity index (χ3v) is 5.84. The monoisotopic (exact) mass is 382 g/mol. The fourth-order valence-electron chi connectivity index (χ4n) is 4.26. The summed E-state index contributed by atoms with van der Waals surface area (Å²) in [5.41, 5.74) is 6.66. The number of halogens is 2. The lowest BCUT2D eigenvalue weighted by molar-refractivity contribution is -0.0230. The van der Waals surface area contributed by atoms with Gasteiger partial charge in [0.05, 0.1) is 25.9 Å². The first-order valence-corrected chi connectivity index (χ1v) is 9.67. The molecule has 27 heavy (non-hydrogen) atoms. The molecule has 0 spiro atoms. The van der Waals surface area contributed by atoms with Crippen molar-refractivity contribution in [3.05, 3.63) is 35.4 Å². The van der Waals surface area contributed by atoms with E-state index in [1.807, 2.05) is 0 Å². The van der Waals surface area contributed by atoms with Gasteiger partial charge in [-0.2, -0.15) is 0 Å². The maximum atomic E-state index is 14.0. The summed E-state index contributed by atoms with van der Waals surface area (Å²) in [6.45, 7) is 1.000. The molecule has 1 saturated heterocycles. The van der Waals surface area contributed by atoms with Crippen molar-refractivity contribution >= 4 is 6.09 Å². The summed E-state index contributed by atoms with van der Waals surface area (Å²) in [7, 11) is 1.37. The molecule has 150 valence electrons. The van der Waals surface area contributed by atoms with Crippen molar-refractivity contribution in [1.82, 2.24) is 4.90 Å². The molecule has 1 aromatic rings. The fourth-order valence-corrected chi connectivity index (χ4v) is 4.26. The predicted molar refractivity (Wildman–Crippen MR) is 97.4 cm³/mol. The lowest BCUT2D eigenvalue weighted by Gasteiger charge is -2.39. The minimum absolute atomic E-state index is 0.0176. The van der Waals surface area contributed by atoms with Gasteiger partial charge in [-0.15, -0.1) is 0 Å². The Bertz CT molecular complexity index is 650. The van der Waals surface area contributed by atoms with Crippen molar-refractivity contribution in [3.63, 3.8) is 0 Å². The van der Waals surface area contributed by atoms with Crippen LogP contribution in [-0.4, -0.2) is 49.4 Å². The van der Waals surface area contributed by atoms with Crippen LogP contribution in [-0.2, 0) is 9.47 Å². The molecule has 1 saturated carbocycles. The van der Waals surface area contributed by atoms with Gasteiger partial charge in [-0.25, -0.2) is 13.6 Å². The van der Waals surface area contributed by atoms with Crippen LogP contribution in [0.5, 0.6) is 0 Å². The van der Waals surface area contributed by atoms with Crippen molar-refractivity contribution in [1.29, 1.82) is 0 Å². The first kappa shape index (κ1) is 20.0. The van der Waals surface area contributed by atoms with Crippen LogP contribution >= 0.6 is 0 Å². The Labute approximate surface area is 158 Å². The van der Waals surface area contributed by atoms with E-state index in [0.717, 1.165) is 44.6 Å². The van der Waals surface area contributed by atoms with Crippen molar-refractivity contribution in [2.45, 2.75) is 62.6 Å². The van der Waals surface area contributed by atoms with Crippen molar-refractivity contribution in [3.8, 4) is 0 Å². The van der Waals surface area contributed by atoms with E-state index >= 15 is 0 Å². The molecule has 1 aromatic carbocycles. The highest BCUT2D eigenvalue weighted by atomic mass is 19.2. The molecule has 5 nitrogen and oxygen atoms in total. The molecule has 1 amide bonds. The summed E-state index contributed by atoms with van der Waals surface area (Å²) in [4.78, 5) is 13.6. The second-order valence-corrected chi connectivity index (χ2v) is 7.49. The van der Waals surface area contributed by atoms with Gasteiger partial charge in [0.15, 0.2) is 11.6 Å². The van der Waals surface area contributed by atoms with Gasteiger partial charge in [-0.05, 0) is 56.1 Å². The molecule has 7 heteroatoms. The third kappa shape index (κ3) is 4.58. The number of likely N-dealkylation sites (tertiary alicyclic amines) is 1. The minimum atomic E-state index is -0.792. The van der Waals surface area contributed by atoms with E-state index in [4.69, 9.17) is 15.2 Å². The number of ether oxygens (including phenoxy) is 2. The molecule has 0 bridgehead atoms. The van der Waals surface area contributed by atoms with Crippen LogP contribution in [0, 0.1) is 11.6 Å². The molecule has 3 rings (SSSR count). The van der Waals surface area contributed by atoms with Crippen molar-refractivity contribution in [2.75, 3.05) is 20.3 Å². The lowest BCUT2D eigenvalue weighted by atomic mass is 9.82. The van der Waals surface area contributed by atoms with Crippen LogP contribution in [0.4, 0.5) is 13.6 Å². The maximum absolute atomic E-state index is 14.0. The number of rotatable bonds is 4. The van der Waals surface area contributed by atoms with Gasteiger partial charge in [-0.3, -0.25) is 0 Å². The Morgan fingerprint density at radius 1 is 1.22 bits per heavy atom. The van der Waals surface area contributed by atoms with E-state index in [0.29, 0.717) is 18.7 Å². The van der Waals surface area contributed by atoms with Gasteiger partial charge in [-0.1, -0.05) is 12.1 Å². The fraction of sp³-hybridized carbons (Fsp3) is 0.650. The quantitative estimate of drug-likeness (QED) is 0.865. The number of hydrogen-bond acceptors (Lipinski definition) is 4. The molecule has 0 radical (unpaired) electrons. The highest BCUT2D eigenvalue weighted by Crippen LogP contribution is 2.36. The lowest BCUT2D eigenvalue weighted by Crippen LogP contribution is -2.56. The molecular weight excluding hydrogens is 354 g/mol. The highest BCUT2D eigenvalue weighted by molar-refractivity contribution is 5.68. The zero-order chi connectivity index (χ0) is 19.4. The van der Waals surface area contributed by atoms with E-state index in [2.05, 4.69) is 0 Å². The van der Waals surface area contributed by atoms with E-state index in [1.165, 1.54) is 7.11 Å². The van der Waals surface area contributed by atoms with Gasteiger partial charge in [0.25, 0.3) is 0 Å². The first-order chi connectivity index (χ1) is 13.0. The van der Waals surface area contributed by atoms with Crippen molar-refractivity contribution in [2.24, 2.45) is 5.73 Å². The molecule has 2 aliphatic rings. The second-order valence-electron chi connectivity index (χ2n) is 7.49. The summed E-state index contributed by atoms with van der Waals surface area (Å²) in [5, 5.41) is 0. The first-order valence-electron chi connectivity index (χ1n) is 9.67. The average molecular weight is 382 g/mol. The number of carbonyl (C=O) groups excluding carboxylic acids is 1. The molecular formula is C20H28F2N2O3. The van der Waals surface area contributed by atoms with E-state index < -0.39 is 11.6 Å². The second kappa shape index (κ2) is 8.97. The number of methoxy groups -OCH3 is 1. The van der Waals surface area contributed by atoms with Gasteiger partial charge < -0.3 is 20.1 Å². The maximum Gasteiger partial charge on any atom is 0.409 e. The number of nitrogens with zero attached hydrogens (tertiary/aromatic N) is 1. The smallest absolute Gasteiger partial charge is 0.409 e. The average Bonchev–Trinajstić information content (AvgIpc) is 2.69. The van der Waals surface area contributed by atoms with Crippen LogP contribution < -0.4 is 5.73 Å². The minimum Gasteiger partial charge on any atom is -0.453 e. The molecule has 2 atom stereocenters. The van der Waals surface area contributed by atoms with Crippen LogP contribution in [0.1, 0.15) is 50.0 Å². The highest BCUT2D eigenvalue weighted by Gasteiger charge is 2.34. The molecule has 1 aliphatic heterocycles. The number of piperidine rings is 1. The Morgan fingerprint density at radius 3 is 2.67 bits per heavy atom. The van der Waals surface area contributed by atoms with Crippen LogP contribution in [0.15, 0.2) is 18.2 Å². The Hall–Kier alpha value is -1.73. The molecule has 0 aromatic heterocycles. The Balaban J connectivity index is 1.53. The molecule has 0 unspecified atom stereocenters. The number of amides is 1. The summed E-state index contributed by atoms with van der Waals surface area (Å²) < 4.78 is 38.4. The normalized spacial score (nSPS) is 28.8. The zero-order valence-corrected chi connectivity index (χ0v) is 15.7. The van der Waals surface area contributed by atoms with E-state index in [-0.39, 0.29) is 30.2 Å². The third-order valence-electron chi connectivity index (χ3n) is 5.84. The summed E-state index contributed by atoms with van der Waals surface area (Å²) in [6.07, 6.45) is 4.45. The molecule has 2 fully saturated rings. The number of carbonyl (C=O) groups is 1. The summed E-state index contributed by atoms with van der Waals surface area (Å²) in [6, 6.07) is 4.05. The van der Waals surface area contributed by atoms with Crippen LogP contribution in [0.2, 0.25) is 0 Å². The van der Waals surface area contributed by atoms with Gasteiger partial charge in [0, 0.05) is 12.6 Å². The SMILES string of the molecule is COC(=O)N1CCC[C@H](N)[C@@H]1COC1CCC(c2cccc(F)c2F)CC1. The van der Waals surface area contributed by atoms with E-state index in [1.54, 1.807) is 17.0 Å². The molecule has 2 N–H and O–H groups in total. The number of nitrogens with two attached hydrogens (primary N) is 1. The number of benzene rings is 1. The van der Waals surface area contributed by atoms with Gasteiger partial charge >= 0.3 is 6.09 Å². The standard InChI is InChI=1S/C20H28F2N2O3/c1-26-20(25)24-11-3-6-17(23)18(24)12-27-14-9-7-13(8-10-14)15-4-2-5-16(21)19(15)22/h2,4-5,13-14,17-18H,3,6-12,23H2,1H3/t13?,14?,17-,18-/m0/s1. The predicted octanol–water partition coefficient (Wildman–Crippen LogP) is 3.57. The molecule has 1 heterocycles. The molecule has 1 aliphatic carbocycles. The van der Waals surface area contributed by atoms with Crippen LogP contribution in [0.3, 0.4) is 0 Å². The summed E-state index contributed by atoms with van der Waals surface area (Å²) >= 11 is 0. The largest absolute Gasteiger partial charge is 0.453 e. The van der Waals surface area contributed by atoms with Crippen LogP contribution in [0.25, 0.3) is 0 Å².